The quantitative estimate of drug-likeness (QED) is 0.792. The number of nitrogens with one attached hydrogen (secondary N) is 1. The Bertz CT molecular complexity index is 324. The molecule has 1 aromatic heterocycles. The van der Waals surface area contributed by atoms with Crippen molar-refractivity contribution in [1.82, 2.24) is 4.98 Å². The van der Waals surface area contributed by atoms with Crippen LogP contribution >= 0.6 is 0 Å². The van der Waals surface area contributed by atoms with Crippen LogP contribution in [0.1, 0.15) is 24.8 Å². The van der Waals surface area contributed by atoms with Gasteiger partial charge in [0.1, 0.15) is 0 Å². The average molecular weight is 205 g/mol. The van der Waals surface area contributed by atoms with E-state index in [1.54, 1.807) is 0 Å². The summed E-state index contributed by atoms with van der Waals surface area (Å²) in [6.45, 7) is 3.07. The normalized spacial score (nSPS) is 25.5. The van der Waals surface area contributed by atoms with Crippen molar-refractivity contribution < 1.29 is 0 Å². The van der Waals surface area contributed by atoms with Gasteiger partial charge in [-0.25, -0.2) is 0 Å². The Hall–Kier alpha value is -1.09. The SMILES string of the molecule is Cc1cnccc1NCC1CCCC1N. The van der Waals surface area contributed by atoms with Crippen molar-refractivity contribution in [3.05, 3.63) is 24.0 Å². The van der Waals surface area contributed by atoms with Crippen LogP contribution in [0.15, 0.2) is 18.5 Å². The number of aryl methyl sites for hydroxylation is 1. The monoisotopic (exact) mass is 205 g/mol. The van der Waals surface area contributed by atoms with Gasteiger partial charge in [-0.2, -0.15) is 0 Å². The molecule has 2 rings (SSSR count). The van der Waals surface area contributed by atoms with Crippen molar-refractivity contribution in [3.63, 3.8) is 0 Å². The van der Waals surface area contributed by atoms with Crippen molar-refractivity contribution in [3.8, 4) is 0 Å². The van der Waals surface area contributed by atoms with Crippen molar-refractivity contribution in [2.75, 3.05) is 11.9 Å². The number of aromatic nitrogens is 1. The van der Waals surface area contributed by atoms with E-state index in [2.05, 4.69) is 17.2 Å². The maximum Gasteiger partial charge on any atom is 0.0400 e. The Balaban J connectivity index is 1.90. The van der Waals surface area contributed by atoms with Gasteiger partial charge in [-0.15, -0.1) is 0 Å². The first-order chi connectivity index (χ1) is 7.27. The molecule has 0 aliphatic heterocycles. The summed E-state index contributed by atoms with van der Waals surface area (Å²) < 4.78 is 0. The first kappa shape index (κ1) is 10.4. The number of rotatable bonds is 3. The molecule has 3 heteroatoms. The lowest BCUT2D eigenvalue weighted by molar-refractivity contribution is 0.505. The second-order valence-electron chi connectivity index (χ2n) is 4.43. The molecule has 0 radical (unpaired) electrons. The molecule has 2 atom stereocenters. The molecule has 3 N–H and O–H groups in total. The summed E-state index contributed by atoms with van der Waals surface area (Å²) in [6, 6.07) is 2.41. The molecular formula is C12H19N3. The van der Waals surface area contributed by atoms with Crippen LogP contribution in [-0.2, 0) is 0 Å². The lowest BCUT2D eigenvalue weighted by Gasteiger charge is -2.17. The summed E-state index contributed by atoms with van der Waals surface area (Å²) in [5.41, 5.74) is 8.41. The molecule has 1 aliphatic rings. The van der Waals surface area contributed by atoms with Crippen LogP contribution in [0.25, 0.3) is 0 Å². The lowest BCUT2D eigenvalue weighted by Crippen LogP contribution is -2.29. The summed E-state index contributed by atoms with van der Waals surface area (Å²) in [6.07, 6.45) is 7.43. The number of hydrogen-bond donors (Lipinski definition) is 2. The number of nitrogens with zero attached hydrogens (tertiary/aromatic N) is 1. The van der Waals surface area contributed by atoms with Crippen LogP contribution in [-0.4, -0.2) is 17.6 Å². The topological polar surface area (TPSA) is 50.9 Å². The minimum absolute atomic E-state index is 0.389. The third-order valence-electron chi connectivity index (χ3n) is 3.29. The fourth-order valence-corrected chi connectivity index (χ4v) is 2.23. The van der Waals surface area contributed by atoms with E-state index in [-0.39, 0.29) is 0 Å². The Morgan fingerprint density at radius 2 is 2.40 bits per heavy atom. The van der Waals surface area contributed by atoms with Gasteiger partial charge in [-0.05, 0) is 37.3 Å². The molecule has 15 heavy (non-hydrogen) atoms. The summed E-state index contributed by atoms with van der Waals surface area (Å²) in [4.78, 5) is 4.07. The Kier molecular flexibility index (Phi) is 3.21. The van der Waals surface area contributed by atoms with Crippen LogP contribution in [0.4, 0.5) is 5.69 Å². The Labute approximate surface area is 91.1 Å². The van der Waals surface area contributed by atoms with E-state index in [4.69, 9.17) is 5.73 Å². The van der Waals surface area contributed by atoms with Gasteiger partial charge in [-0.1, -0.05) is 6.42 Å². The van der Waals surface area contributed by atoms with Gasteiger partial charge >= 0.3 is 0 Å². The molecule has 1 saturated carbocycles. The molecular weight excluding hydrogens is 186 g/mol. The zero-order valence-corrected chi connectivity index (χ0v) is 9.24. The summed E-state index contributed by atoms with van der Waals surface area (Å²) in [7, 11) is 0. The molecule has 0 amide bonds. The number of hydrogen-bond acceptors (Lipinski definition) is 3. The minimum Gasteiger partial charge on any atom is -0.384 e. The summed E-state index contributed by atoms with van der Waals surface area (Å²) in [5, 5.41) is 3.47. The van der Waals surface area contributed by atoms with Gasteiger partial charge in [0.15, 0.2) is 0 Å². The first-order valence-electron chi connectivity index (χ1n) is 5.67. The second-order valence-corrected chi connectivity index (χ2v) is 4.43. The highest BCUT2D eigenvalue weighted by Crippen LogP contribution is 2.24. The zero-order chi connectivity index (χ0) is 10.7. The minimum atomic E-state index is 0.389. The van der Waals surface area contributed by atoms with E-state index in [1.165, 1.54) is 30.5 Å². The molecule has 1 aliphatic carbocycles. The number of pyridine rings is 1. The van der Waals surface area contributed by atoms with Gasteiger partial charge in [0.25, 0.3) is 0 Å². The predicted molar refractivity (Wildman–Crippen MR) is 62.8 cm³/mol. The van der Waals surface area contributed by atoms with Crippen LogP contribution in [0, 0.1) is 12.8 Å². The highest BCUT2D eigenvalue weighted by atomic mass is 14.9. The largest absolute Gasteiger partial charge is 0.384 e. The maximum atomic E-state index is 6.03. The van der Waals surface area contributed by atoms with Crippen LogP contribution < -0.4 is 11.1 Å². The van der Waals surface area contributed by atoms with E-state index in [1.807, 2.05) is 18.5 Å². The van der Waals surface area contributed by atoms with Gasteiger partial charge < -0.3 is 11.1 Å². The molecule has 1 heterocycles. The Morgan fingerprint density at radius 1 is 1.53 bits per heavy atom. The van der Waals surface area contributed by atoms with Gasteiger partial charge in [-0.3, -0.25) is 4.98 Å². The van der Waals surface area contributed by atoms with Crippen molar-refractivity contribution >= 4 is 5.69 Å². The van der Waals surface area contributed by atoms with Crippen molar-refractivity contribution in [2.45, 2.75) is 32.2 Å². The first-order valence-corrected chi connectivity index (χ1v) is 5.67. The molecule has 0 bridgehead atoms. The van der Waals surface area contributed by atoms with Gasteiger partial charge in [0, 0.05) is 30.7 Å². The number of nitrogens with two attached hydrogens (primary N) is 1. The summed E-state index contributed by atoms with van der Waals surface area (Å²) >= 11 is 0. The third-order valence-corrected chi connectivity index (χ3v) is 3.29. The second kappa shape index (κ2) is 4.62. The van der Waals surface area contributed by atoms with Gasteiger partial charge in [0.2, 0.25) is 0 Å². The average Bonchev–Trinajstić information content (AvgIpc) is 2.63. The van der Waals surface area contributed by atoms with E-state index >= 15 is 0 Å². The van der Waals surface area contributed by atoms with E-state index in [9.17, 15) is 0 Å². The Morgan fingerprint density at radius 3 is 3.07 bits per heavy atom. The van der Waals surface area contributed by atoms with E-state index < -0.39 is 0 Å². The van der Waals surface area contributed by atoms with Gasteiger partial charge in [0.05, 0.1) is 0 Å². The van der Waals surface area contributed by atoms with Crippen LogP contribution in [0.2, 0.25) is 0 Å². The standard InChI is InChI=1S/C12H19N3/c1-9-7-14-6-5-12(9)15-8-10-3-2-4-11(10)13/h5-7,10-11H,2-4,8,13H2,1H3,(H,14,15). The zero-order valence-electron chi connectivity index (χ0n) is 9.24. The van der Waals surface area contributed by atoms with Crippen molar-refractivity contribution in [1.29, 1.82) is 0 Å². The number of anilines is 1. The van der Waals surface area contributed by atoms with Crippen molar-refractivity contribution in [2.24, 2.45) is 11.7 Å². The molecule has 0 aromatic carbocycles. The van der Waals surface area contributed by atoms with Crippen LogP contribution in [0.5, 0.6) is 0 Å². The molecule has 0 spiro atoms. The molecule has 2 unspecified atom stereocenters. The summed E-state index contributed by atoms with van der Waals surface area (Å²) in [5.74, 6) is 0.637. The highest BCUT2D eigenvalue weighted by Gasteiger charge is 2.23. The third kappa shape index (κ3) is 2.48. The molecule has 82 valence electrons. The fourth-order valence-electron chi connectivity index (χ4n) is 2.23. The van der Waals surface area contributed by atoms with Crippen LogP contribution in [0.3, 0.4) is 0 Å². The molecule has 0 saturated heterocycles. The van der Waals surface area contributed by atoms with E-state index in [0.717, 1.165) is 6.54 Å². The lowest BCUT2D eigenvalue weighted by atomic mass is 10.0. The fraction of sp³-hybridized carbons (Fsp3) is 0.583. The highest BCUT2D eigenvalue weighted by molar-refractivity contribution is 5.48. The van der Waals surface area contributed by atoms with E-state index in [0.29, 0.717) is 12.0 Å². The maximum absolute atomic E-state index is 6.03. The smallest absolute Gasteiger partial charge is 0.0400 e. The molecule has 1 fully saturated rings. The predicted octanol–water partition coefficient (Wildman–Crippen LogP) is 1.93. The molecule has 3 nitrogen and oxygen atoms in total. The molecule has 1 aromatic rings.